The number of nitrogens with zero attached hydrogens (tertiary/aromatic N) is 13. The number of anilines is 7. The van der Waals surface area contributed by atoms with Gasteiger partial charge in [-0.15, -0.1) is 0 Å². The highest BCUT2D eigenvalue weighted by atomic mass is 19.4. The van der Waals surface area contributed by atoms with E-state index in [1.54, 1.807) is 32.2 Å². The number of aryl methyl sites for hydroxylation is 2. The zero-order valence-electron chi connectivity index (χ0n) is 64.3. The predicted octanol–water partition coefficient (Wildman–Crippen LogP) is 14.6. The van der Waals surface area contributed by atoms with Crippen LogP contribution in [0.3, 0.4) is 0 Å². The van der Waals surface area contributed by atoms with Gasteiger partial charge in [-0.1, -0.05) is 78.8 Å². The van der Waals surface area contributed by atoms with Crippen LogP contribution < -0.4 is 42.0 Å². The summed E-state index contributed by atoms with van der Waals surface area (Å²) in [7, 11) is 1.48. The number of ether oxygens (including phenoxy) is 1. The van der Waals surface area contributed by atoms with Crippen LogP contribution in [0.25, 0.3) is 0 Å². The minimum Gasteiger partial charge on any atom is -0.481 e. The molecule has 0 saturated heterocycles. The van der Waals surface area contributed by atoms with Crippen molar-refractivity contribution in [1.82, 2.24) is 54.8 Å². The Morgan fingerprint density at radius 3 is 1.47 bits per heavy atom. The predicted molar refractivity (Wildman–Crippen MR) is 399 cm³/mol. The molecule has 9 atom stereocenters. The van der Waals surface area contributed by atoms with E-state index in [-0.39, 0.29) is 160 Å². The van der Waals surface area contributed by atoms with Crippen LogP contribution in [0.15, 0.2) is 104 Å². The van der Waals surface area contributed by atoms with Gasteiger partial charge in [0.15, 0.2) is 0 Å². The van der Waals surface area contributed by atoms with Gasteiger partial charge < -0.3 is 62.4 Å². The van der Waals surface area contributed by atoms with Crippen LogP contribution in [-0.4, -0.2) is 131 Å². The van der Waals surface area contributed by atoms with E-state index in [0.29, 0.717) is 55.6 Å². The largest absolute Gasteiger partial charge is 0.481 e. The number of pyridine rings is 3. The molecule has 7 aromatic heterocycles. The van der Waals surface area contributed by atoms with Crippen molar-refractivity contribution in [1.29, 1.82) is 10.5 Å². The van der Waals surface area contributed by atoms with Gasteiger partial charge in [0.25, 0.3) is 5.92 Å². The molecule has 4 saturated carbocycles. The molecule has 0 radical (unpaired) electrons. The van der Waals surface area contributed by atoms with Crippen molar-refractivity contribution in [2.75, 3.05) is 50.9 Å². The zero-order chi connectivity index (χ0) is 85.1. The van der Waals surface area contributed by atoms with Gasteiger partial charge in [-0.25, -0.2) is 38.7 Å². The average Bonchev–Trinajstić information content (AvgIpc) is 0.779. The fourth-order valence-electron chi connectivity index (χ4n) is 13.3. The summed E-state index contributed by atoms with van der Waals surface area (Å²) < 4.78 is 192. The summed E-state index contributed by atoms with van der Waals surface area (Å²) in [6.07, 6.45) is -7.13. The van der Waals surface area contributed by atoms with E-state index in [1.807, 2.05) is 46.8 Å². The number of nitriles is 2. The van der Waals surface area contributed by atoms with Crippen LogP contribution in [0, 0.1) is 50.7 Å². The van der Waals surface area contributed by atoms with Gasteiger partial charge in [-0.2, -0.15) is 78.2 Å². The molecule has 0 aliphatic heterocycles. The molecule has 25 nitrogen and oxygen atoms in total. The molecule has 4 aliphatic rings. The number of benzene rings is 1. The van der Waals surface area contributed by atoms with E-state index in [0.717, 1.165) is 31.8 Å². The van der Waals surface area contributed by atoms with E-state index in [1.165, 1.54) is 68.3 Å². The second-order valence-electron chi connectivity index (χ2n) is 30.3. The van der Waals surface area contributed by atoms with Crippen molar-refractivity contribution in [2.24, 2.45) is 28.1 Å². The molecule has 39 heteroatoms. The van der Waals surface area contributed by atoms with Gasteiger partial charge in [0.05, 0.1) is 43.4 Å². The third kappa shape index (κ3) is 22.2. The Labute approximate surface area is 658 Å². The highest BCUT2D eigenvalue weighted by Crippen LogP contribution is 2.49. The van der Waals surface area contributed by atoms with Crippen LogP contribution in [0.4, 0.5) is 103 Å². The number of alkyl halides is 14. The molecule has 11 N–H and O–H groups in total. The van der Waals surface area contributed by atoms with Gasteiger partial charge in [-0.05, 0) is 97.6 Å². The second-order valence-corrected chi connectivity index (χ2v) is 30.3. The summed E-state index contributed by atoms with van der Waals surface area (Å²) in [6.45, 7) is 14.1. The first-order valence-corrected chi connectivity index (χ1v) is 36.7. The average molecular weight is 1640 g/mol. The van der Waals surface area contributed by atoms with Crippen molar-refractivity contribution < 1.29 is 86.6 Å². The van der Waals surface area contributed by atoms with E-state index in [4.69, 9.17) is 4.74 Å². The monoisotopic (exact) mass is 1640 g/mol. The number of aliphatic hydroxyl groups is 4. The Morgan fingerprint density at radius 2 is 0.966 bits per heavy atom. The lowest BCUT2D eigenvalue weighted by molar-refractivity contribution is -0.142. The fraction of sp³-hybridized carbons (Fsp3) is 0.494. The number of hydrogen-bond donors (Lipinski definition) is 11. The Bertz CT molecular complexity index is 4750. The van der Waals surface area contributed by atoms with Gasteiger partial charge in [-0.3, -0.25) is 9.97 Å². The summed E-state index contributed by atoms with van der Waals surface area (Å²) in [6, 6.07) is 16.0. The van der Waals surface area contributed by atoms with Crippen LogP contribution in [0.1, 0.15) is 161 Å². The summed E-state index contributed by atoms with van der Waals surface area (Å²) in [5.41, 5.74) is -3.43. The van der Waals surface area contributed by atoms with Gasteiger partial charge in [0.2, 0.25) is 23.7 Å². The number of methoxy groups -OCH3 is 1. The maximum Gasteiger partial charge on any atom is 0.433 e. The highest BCUT2D eigenvalue weighted by molar-refractivity contribution is 5.57. The molecule has 0 unspecified atom stereocenters. The van der Waals surface area contributed by atoms with Crippen LogP contribution >= 0.6 is 0 Å². The number of nitrogens with one attached hydrogen (secondary N) is 7. The number of aliphatic hydroxyl groups excluding tert-OH is 4. The normalized spacial score (nSPS) is 21.2. The molecule has 12 rings (SSSR count). The molecule has 0 spiro atoms. The molecule has 624 valence electrons. The Balaban J connectivity index is 0.000000177. The molecule has 0 bridgehead atoms. The number of rotatable bonds is 23. The lowest BCUT2D eigenvalue weighted by atomic mass is 9.59. The maximum atomic E-state index is 13.8. The Morgan fingerprint density at radius 1 is 0.483 bits per heavy atom. The molecular weight excluding hydrogens is 1550 g/mol. The third-order valence-corrected chi connectivity index (χ3v) is 21.4. The molecular formula is C77H88F14N20O5. The van der Waals surface area contributed by atoms with E-state index in [2.05, 4.69) is 92.0 Å². The number of aromatic nitrogens is 11. The molecule has 7 heterocycles. The molecule has 1 aromatic carbocycles. The molecule has 4 aliphatic carbocycles. The molecule has 8 aromatic rings. The molecule has 0 amide bonds. The molecule has 4 fully saturated rings. The van der Waals surface area contributed by atoms with Crippen molar-refractivity contribution in [2.45, 2.75) is 199 Å². The Hall–Kier alpha value is -10.8. The first kappa shape index (κ1) is 89.2. The number of hydrogen-bond acceptors (Lipinski definition) is 25. The standard InChI is InChI=1S/C21H25F5N4O.C20H22F3N5O.C18H19F3N6O.C18H22F3N5O2/c1-12-3-5-14(9-17(12)31)29-19-16(21(24,25)26)11-28-18(30-19)6-4-13-10-27-8-7-15(13)20(2,22)23;1-19(2)14(11-29)7-16(19)27-17-13(8-24)10-26-18(28-17)25-9-12-5-3-4-6-15(12)20(21,22)23;1-17(2)12(6-13(17)28)26-15-11(7-22)9-25-16(27-15)24-8-10-4-3-5-23-14(10)18(19,20)21;1-17(2)12(7-13(17)27)25-14-11(18(19,20)21)9-24-16(26-14)23-8-10-5-4-6-22-15(10)28-3/h7-8,10-12,14,17,31H,3-6,9H2,1-2H3,(H,28,29,30);3-6,10,14,16,29H,7,9,11H2,1-2H3,(H2,25,26,27,28);3-5,9,12-13,28H,6,8H2,1-2H3,(H2,24,25,26,27);4-6,9,12-13,27H,7-8H2,1-3H3,(H2,23,24,25,26)/t12-,14+,17-;14-,16-;2*12-,13+/m1111/s1. The van der Waals surface area contributed by atoms with Crippen molar-refractivity contribution in [3.8, 4) is 18.0 Å². The highest BCUT2D eigenvalue weighted by Gasteiger charge is 2.51. The van der Waals surface area contributed by atoms with Gasteiger partial charge in [0.1, 0.15) is 69.2 Å². The van der Waals surface area contributed by atoms with Gasteiger partial charge in [0, 0.05) is 128 Å². The molecule has 116 heavy (non-hydrogen) atoms. The number of halogens is 14. The minimum atomic E-state index is -4.65. The SMILES string of the molecule is CC1(C)[C@@H](CO)C[C@H]1Nc1nc(NCc2ccccc2C(F)(F)F)ncc1C#N.CC1(C)[C@@H](O)C[C@H]1Nc1nc(NCc2cccnc2C(F)(F)F)ncc1C#N.COc1ncccc1CNc1ncc(C(F)(F)F)c(N[C@@H]2C[C@H](O)C2(C)C)n1.C[C@@H]1CC[C@H](Nc2nc(CCc3cnccc3C(C)(F)F)ncc2C(F)(F)F)C[C@H]1O. The van der Waals surface area contributed by atoms with E-state index < -0.39 is 76.7 Å². The van der Waals surface area contributed by atoms with Crippen LogP contribution in [0.2, 0.25) is 0 Å². The van der Waals surface area contributed by atoms with E-state index in [9.17, 15) is 92.4 Å². The van der Waals surface area contributed by atoms with Gasteiger partial charge >= 0.3 is 24.7 Å². The zero-order valence-corrected chi connectivity index (χ0v) is 64.3. The summed E-state index contributed by atoms with van der Waals surface area (Å²) >= 11 is 0. The lowest BCUT2D eigenvalue weighted by Crippen LogP contribution is -2.57. The van der Waals surface area contributed by atoms with Crippen molar-refractivity contribution >= 4 is 41.1 Å². The minimum absolute atomic E-state index is 0.0143. The van der Waals surface area contributed by atoms with Crippen molar-refractivity contribution in [3.63, 3.8) is 0 Å². The second kappa shape index (κ2) is 36.6. The summed E-state index contributed by atoms with van der Waals surface area (Å²) in [4.78, 5) is 43.5. The van der Waals surface area contributed by atoms with Crippen molar-refractivity contribution in [3.05, 3.63) is 171 Å². The quantitative estimate of drug-likeness (QED) is 0.0265. The van der Waals surface area contributed by atoms with Crippen LogP contribution in [-0.2, 0) is 63.1 Å². The lowest BCUT2D eigenvalue weighted by Gasteiger charge is -2.52. The summed E-state index contributed by atoms with van der Waals surface area (Å²) in [5.74, 6) is -2.13. The first-order chi connectivity index (χ1) is 54.4. The maximum absolute atomic E-state index is 13.8. The summed E-state index contributed by atoms with van der Waals surface area (Å²) in [5, 5.41) is 78.2. The third-order valence-electron chi connectivity index (χ3n) is 21.4. The first-order valence-electron chi connectivity index (χ1n) is 36.7. The topological polar surface area (TPSA) is 364 Å². The van der Waals surface area contributed by atoms with E-state index >= 15 is 0 Å². The Kier molecular flexibility index (Phi) is 28.1. The van der Waals surface area contributed by atoms with Crippen LogP contribution in [0.5, 0.6) is 5.88 Å². The fourth-order valence-corrected chi connectivity index (χ4v) is 13.3. The smallest absolute Gasteiger partial charge is 0.433 e.